The molecule has 0 saturated carbocycles. The normalized spacial score (nSPS) is 22.1. The maximum Gasteiger partial charge on any atom is 0.236 e. The van der Waals surface area contributed by atoms with Crippen LogP contribution >= 0.6 is 0 Å². The Morgan fingerprint density at radius 1 is 1.50 bits per heavy atom. The third-order valence-electron chi connectivity index (χ3n) is 3.47. The summed E-state index contributed by atoms with van der Waals surface area (Å²) in [5.41, 5.74) is 0. The maximum atomic E-state index is 11.5. The molecule has 1 aliphatic heterocycles. The molecule has 1 heterocycles. The molecule has 1 saturated heterocycles. The van der Waals surface area contributed by atoms with Crippen LogP contribution in [0.2, 0.25) is 0 Å². The number of likely N-dealkylation sites (tertiary alicyclic amines) is 1. The van der Waals surface area contributed by atoms with E-state index in [0.29, 0.717) is 12.6 Å². The number of nitrogens with one attached hydrogen (secondary N) is 1. The van der Waals surface area contributed by atoms with Crippen molar-refractivity contribution in [2.45, 2.75) is 31.7 Å². The molecule has 0 bridgehead atoms. The van der Waals surface area contributed by atoms with E-state index >= 15 is 0 Å². The van der Waals surface area contributed by atoms with E-state index in [-0.39, 0.29) is 5.91 Å². The van der Waals surface area contributed by atoms with Crippen molar-refractivity contribution < 1.29 is 4.79 Å². The predicted molar refractivity (Wildman–Crippen MR) is 66.4 cm³/mol. The molecule has 1 amide bonds. The lowest BCUT2D eigenvalue weighted by molar-refractivity contribution is -0.129. The van der Waals surface area contributed by atoms with Gasteiger partial charge in [0.2, 0.25) is 5.91 Å². The van der Waals surface area contributed by atoms with Crippen LogP contribution in [0.1, 0.15) is 25.7 Å². The van der Waals surface area contributed by atoms with Crippen LogP contribution in [-0.4, -0.2) is 62.5 Å². The summed E-state index contributed by atoms with van der Waals surface area (Å²) < 4.78 is 0. The van der Waals surface area contributed by atoms with Crippen LogP contribution in [0, 0.1) is 0 Å². The lowest BCUT2D eigenvalue weighted by atomic mass is 10.00. The molecular weight excluding hydrogens is 202 g/mol. The highest BCUT2D eigenvalue weighted by Crippen LogP contribution is 2.17. The van der Waals surface area contributed by atoms with E-state index in [1.165, 1.54) is 25.8 Å². The lowest BCUT2D eigenvalue weighted by Gasteiger charge is -2.33. The van der Waals surface area contributed by atoms with E-state index in [1.807, 2.05) is 11.9 Å². The van der Waals surface area contributed by atoms with Crippen LogP contribution in [0.5, 0.6) is 0 Å². The zero-order valence-electron chi connectivity index (χ0n) is 10.8. The van der Waals surface area contributed by atoms with Gasteiger partial charge in [-0.25, -0.2) is 0 Å². The number of likely N-dealkylation sites (N-methyl/N-ethyl adjacent to an activating group) is 2. The average molecular weight is 227 g/mol. The largest absolute Gasteiger partial charge is 0.345 e. The molecule has 94 valence electrons. The molecule has 4 nitrogen and oxygen atoms in total. The number of rotatable bonds is 5. The Morgan fingerprint density at radius 3 is 2.88 bits per heavy atom. The van der Waals surface area contributed by atoms with Crippen LogP contribution in [-0.2, 0) is 4.79 Å². The second kappa shape index (κ2) is 6.86. The number of amides is 1. The summed E-state index contributed by atoms with van der Waals surface area (Å²) in [6.45, 7) is 2.52. The summed E-state index contributed by atoms with van der Waals surface area (Å²) in [5, 5.41) is 2.89. The van der Waals surface area contributed by atoms with Gasteiger partial charge in [-0.2, -0.15) is 0 Å². The van der Waals surface area contributed by atoms with Gasteiger partial charge >= 0.3 is 0 Å². The van der Waals surface area contributed by atoms with E-state index < -0.39 is 0 Å². The van der Waals surface area contributed by atoms with Crippen molar-refractivity contribution in [2.75, 3.05) is 40.8 Å². The van der Waals surface area contributed by atoms with Gasteiger partial charge in [0.1, 0.15) is 0 Å². The molecule has 0 aromatic heterocycles. The molecule has 1 atom stereocenters. The van der Waals surface area contributed by atoms with Crippen molar-refractivity contribution >= 4 is 5.91 Å². The zero-order chi connectivity index (χ0) is 12.0. The highest BCUT2D eigenvalue weighted by molar-refractivity contribution is 5.77. The van der Waals surface area contributed by atoms with Gasteiger partial charge in [-0.05, 0) is 39.9 Å². The monoisotopic (exact) mass is 227 g/mol. The maximum absolute atomic E-state index is 11.5. The average Bonchev–Trinajstić information content (AvgIpc) is 2.28. The van der Waals surface area contributed by atoms with Gasteiger partial charge in [0, 0.05) is 19.6 Å². The number of nitrogens with zero attached hydrogens (tertiary/aromatic N) is 2. The minimum atomic E-state index is 0.181. The van der Waals surface area contributed by atoms with Gasteiger partial charge in [0.15, 0.2) is 0 Å². The summed E-state index contributed by atoms with van der Waals surface area (Å²) in [4.78, 5) is 15.8. The predicted octanol–water partition coefficient (Wildman–Crippen LogP) is 0.539. The van der Waals surface area contributed by atoms with E-state index in [9.17, 15) is 4.79 Å². The first kappa shape index (κ1) is 13.5. The summed E-state index contributed by atoms with van der Waals surface area (Å²) in [7, 11) is 5.89. The van der Waals surface area contributed by atoms with Crippen molar-refractivity contribution in [1.29, 1.82) is 0 Å². The minimum Gasteiger partial charge on any atom is -0.345 e. The number of hydrogen-bond acceptors (Lipinski definition) is 3. The number of piperidine rings is 1. The Bertz CT molecular complexity index is 220. The Morgan fingerprint density at radius 2 is 2.25 bits per heavy atom. The van der Waals surface area contributed by atoms with Gasteiger partial charge in [0.25, 0.3) is 0 Å². The second-order valence-corrected chi connectivity index (χ2v) is 4.76. The molecule has 0 aromatic rings. The molecule has 0 radical (unpaired) electrons. The molecule has 0 aromatic carbocycles. The molecule has 1 N–H and O–H groups in total. The van der Waals surface area contributed by atoms with E-state index in [4.69, 9.17) is 0 Å². The first-order valence-corrected chi connectivity index (χ1v) is 6.24. The highest BCUT2D eigenvalue weighted by Gasteiger charge is 2.19. The van der Waals surface area contributed by atoms with Crippen molar-refractivity contribution in [3.8, 4) is 0 Å². The molecule has 4 heteroatoms. The summed E-state index contributed by atoms with van der Waals surface area (Å²) >= 11 is 0. The van der Waals surface area contributed by atoms with Gasteiger partial charge in [-0.15, -0.1) is 0 Å². The summed E-state index contributed by atoms with van der Waals surface area (Å²) in [6.07, 6.45) is 5.04. The van der Waals surface area contributed by atoms with Gasteiger partial charge < -0.3 is 15.1 Å². The number of carbonyl (C=O) groups excluding carboxylic acids is 1. The van der Waals surface area contributed by atoms with Crippen LogP contribution in [0.4, 0.5) is 0 Å². The fraction of sp³-hybridized carbons (Fsp3) is 0.917. The third kappa shape index (κ3) is 4.10. The van der Waals surface area contributed by atoms with Crippen LogP contribution in [0.25, 0.3) is 0 Å². The van der Waals surface area contributed by atoms with Crippen LogP contribution in [0.15, 0.2) is 0 Å². The van der Waals surface area contributed by atoms with Crippen LogP contribution < -0.4 is 5.32 Å². The summed E-state index contributed by atoms with van der Waals surface area (Å²) in [5.74, 6) is 0.181. The number of carbonyl (C=O) groups is 1. The smallest absolute Gasteiger partial charge is 0.236 e. The molecule has 0 aliphatic carbocycles. The Balaban J connectivity index is 2.24. The fourth-order valence-electron chi connectivity index (χ4n) is 2.26. The first-order chi connectivity index (χ1) is 7.65. The minimum absolute atomic E-state index is 0.181. The Labute approximate surface area is 99.0 Å². The standard InChI is InChI=1S/C12H25N3O/c1-13-10-12(16)15(3)9-7-11-6-4-5-8-14(11)2/h11,13H,4-10H2,1-3H3. The lowest BCUT2D eigenvalue weighted by Crippen LogP contribution is -2.41. The van der Waals surface area contributed by atoms with Gasteiger partial charge in [0.05, 0.1) is 6.54 Å². The van der Waals surface area contributed by atoms with E-state index in [0.717, 1.165) is 13.0 Å². The van der Waals surface area contributed by atoms with E-state index in [1.54, 1.807) is 7.05 Å². The third-order valence-corrected chi connectivity index (χ3v) is 3.47. The molecular formula is C12H25N3O. The molecule has 0 spiro atoms. The SMILES string of the molecule is CNCC(=O)N(C)CCC1CCCCN1C. The second-order valence-electron chi connectivity index (χ2n) is 4.76. The zero-order valence-corrected chi connectivity index (χ0v) is 10.8. The van der Waals surface area contributed by atoms with E-state index in [2.05, 4.69) is 17.3 Å². The Hall–Kier alpha value is -0.610. The van der Waals surface area contributed by atoms with Crippen molar-refractivity contribution in [1.82, 2.24) is 15.1 Å². The van der Waals surface area contributed by atoms with Crippen LogP contribution in [0.3, 0.4) is 0 Å². The van der Waals surface area contributed by atoms with Crippen molar-refractivity contribution in [3.63, 3.8) is 0 Å². The van der Waals surface area contributed by atoms with Gasteiger partial charge in [-0.3, -0.25) is 4.79 Å². The van der Waals surface area contributed by atoms with Crippen molar-refractivity contribution in [2.24, 2.45) is 0 Å². The molecule has 1 fully saturated rings. The highest BCUT2D eigenvalue weighted by atomic mass is 16.2. The van der Waals surface area contributed by atoms with Gasteiger partial charge in [-0.1, -0.05) is 6.42 Å². The quantitative estimate of drug-likeness (QED) is 0.744. The first-order valence-electron chi connectivity index (χ1n) is 6.24. The molecule has 1 unspecified atom stereocenters. The fourth-order valence-corrected chi connectivity index (χ4v) is 2.26. The topological polar surface area (TPSA) is 35.6 Å². The number of hydrogen-bond donors (Lipinski definition) is 1. The van der Waals surface area contributed by atoms with Crippen molar-refractivity contribution in [3.05, 3.63) is 0 Å². The molecule has 16 heavy (non-hydrogen) atoms. The summed E-state index contributed by atoms with van der Waals surface area (Å²) in [6, 6.07) is 0.665. The molecule has 1 rings (SSSR count). The molecule has 1 aliphatic rings. The Kier molecular flexibility index (Phi) is 5.77.